The van der Waals surface area contributed by atoms with Crippen LogP contribution in [0.25, 0.3) is 0 Å². The summed E-state index contributed by atoms with van der Waals surface area (Å²) in [5.74, 6) is -0.251. The summed E-state index contributed by atoms with van der Waals surface area (Å²) in [5.41, 5.74) is 3.88. The predicted octanol–water partition coefficient (Wildman–Crippen LogP) is 3.46. The fraction of sp³-hybridized carbons (Fsp3) is 0.316. The summed E-state index contributed by atoms with van der Waals surface area (Å²) < 4.78 is 24.5. The molecule has 25 heavy (non-hydrogen) atoms. The van der Waals surface area contributed by atoms with Crippen LogP contribution in [0.3, 0.4) is 0 Å². The molecule has 6 heteroatoms. The van der Waals surface area contributed by atoms with Gasteiger partial charge in [0.15, 0.2) is 0 Å². The molecule has 0 heterocycles. The molecule has 0 atom stereocenters. The third kappa shape index (κ3) is 4.39. The molecule has 0 aliphatic carbocycles. The van der Waals surface area contributed by atoms with Crippen molar-refractivity contribution in [3.05, 3.63) is 59.2 Å². The number of carbonyl (C=O) groups excluding carboxylic acids is 1. The number of sulfonamides is 1. The van der Waals surface area contributed by atoms with Crippen molar-refractivity contribution >= 4 is 27.3 Å². The van der Waals surface area contributed by atoms with E-state index in [1.165, 1.54) is 7.05 Å². The number of benzene rings is 2. The Morgan fingerprint density at radius 2 is 1.60 bits per heavy atom. The van der Waals surface area contributed by atoms with Gasteiger partial charge in [0.2, 0.25) is 10.0 Å². The Labute approximate surface area is 149 Å². The van der Waals surface area contributed by atoms with Crippen LogP contribution in [-0.2, 0) is 22.9 Å². The zero-order chi connectivity index (χ0) is 18.6. The van der Waals surface area contributed by atoms with Gasteiger partial charge in [-0.1, -0.05) is 38.1 Å². The molecule has 0 aromatic heterocycles. The average Bonchev–Trinajstić information content (AvgIpc) is 2.60. The number of nitrogens with zero attached hydrogens (tertiary/aromatic N) is 1. The highest BCUT2D eigenvalue weighted by atomic mass is 32.2. The second-order valence-electron chi connectivity index (χ2n) is 5.89. The fourth-order valence-electron chi connectivity index (χ4n) is 2.62. The first-order chi connectivity index (χ1) is 11.8. The summed E-state index contributed by atoms with van der Waals surface area (Å²) >= 11 is 0. The van der Waals surface area contributed by atoms with Gasteiger partial charge in [0, 0.05) is 18.3 Å². The van der Waals surface area contributed by atoms with Crippen molar-refractivity contribution in [1.82, 2.24) is 0 Å². The quantitative estimate of drug-likeness (QED) is 0.858. The Morgan fingerprint density at radius 3 is 2.12 bits per heavy atom. The van der Waals surface area contributed by atoms with Crippen molar-refractivity contribution in [2.75, 3.05) is 22.9 Å². The minimum Gasteiger partial charge on any atom is -0.321 e. The molecule has 2 aromatic carbocycles. The number of amides is 1. The van der Waals surface area contributed by atoms with Crippen molar-refractivity contribution in [2.24, 2.45) is 0 Å². The first-order valence-corrected chi connectivity index (χ1v) is 10.1. The highest BCUT2D eigenvalue weighted by Crippen LogP contribution is 2.24. The minimum atomic E-state index is -3.38. The molecule has 0 radical (unpaired) electrons. The molecule has 0 spiro atoms. The van der Waals surface area contributed by atoms with Crippen LogP contribution in [0.4, 0.5) is 11.4 Å². The second kappa shape index (κ2) is 7.70. The van der Waals surface area contributed by atoms with Crippen molar-refractivity contribution in [2.45, 2.75) is 26.7 Å². The van der Waals surface area contributed by atoms with E-state index in [4.69, 9.17) is 0 Å². The maximum Gasteiger partial charge on any atom is 0.255 e. The lowest BCUT2D eigenvalue weighted by atomic mass is 10.0. The normalized spacial score (nSPS) is 11.2. The van der Waals surface area contributed by atoms with Crippen LogP contribution in [0.1, 0.15) is 35.3 Å². The van der Waals surface area contributed by atoms with E-state index in [1.54, 1.807) is 24.3 Å². The molecule has 1 N–H and O–H groups in total. The number of hydrogen-bond donors (Lipinski definition) is 1. The van der Waals surface area contributed by atoms with Crippen molar-refractivity contribution in [1.29, 1.82) is 0 Å². The SMILES string of the molecule is CCc1cccc(CC)c1NC(=O)c1cccc(N(C)S(C)(=O)=O)c1. The Bertz CT molecular complexity index is 854. The van der Waals surface area contributed by atoms with Crippen LogP contribution in [0.15, 0.2) is 42.5 Å². The van der Waals surface area contributed by atoms with Gasteiger partial charge in [-0.25, -0.2) is 8.42 Å². The summed E-state index contributed by atoms with van der Waals surface area (Å²) in [6.07, 6.45) is 2.77. The van der Waals surface area contributed by atoms with Crippen molar-refractivity contribution in [3.63, 3.8) is 0 Å². The molecule has 134 valence electrons. The zero-order valence-corrected chi connectivity index (χ0v) is 15.9. The molecule has 0 fully saturated rings. The standard InChI is InChI=1S/C19H24N2O3S/c1-5-14-9-7-10-15(6-2)18(14)20-19(22)16-11-8-12-17(13-16)21(3)25(4,23)24/h7-13H,5-6H2,1-4H3,(H,20,22). The molecule has 2 rings (SSSR count). The largest absolute Gasteiger partial charge is 0.321 e. The van der Waals surface area contributed by atoms with Crippen LogP contribution in [0.5, 0.6) is 0 Å². The topological polar surface area (TPSA) is 66.5 Å². The predicted molar refractivity (Wildman–Crippen MR) is 103 cm³/mol. The van der Waals surface area contributed by atoms with Gasteiger partial charge in [-0.3, -0.25) is 9.10 Å². The smallest absolute Gasteiger partial charge is 0.255 e. The second-order valence-corrected chi connectivity index (χ2v) is 7.91. The van der Waals surface area contributed by atoms with Gasteiger partial charge in [0.25, 0.3) is 5.91 Å². The maximum atomic E-state index is 12.7. The van der Waals surface area contributed by atoms with Gasteiger partial charge in [0.1, 0.15) is 0 Å². The van der Waals surface area contributed by atoms with Crippen LogP contribution >= 0.6 is 0 Å². The molecule has 1 amide bonds. The number of para-hydroxylation sites is 1. The number of rotatable bonds is 6. The molecule has 0 unspecified atom stereocenters. The summed E-state index contributed by atoms with van der Waals surface area (Å²) in [5, 5.41) is 3.00. The Hall–Kier alpha value is -2.34. The van der Waals surface area contributed by atoms with Gasteiger partial charge in [-0.2, -0.15) is 0 Å². The summed E-state index contributed by atoms with van der Waals surface area (Å²) in [6, 6.07) is 12.6. The average molecular weight is 360 g/mol. The lowest BCUT2D eigenvalue weighted by Crippen LogP contribution is -2.25. The number of aryl methyl sites for hydroxylation is 2. The zero-order valence-electron chi connectivity index (χ0n) is 15.0. The van der Waals surface area contributed by atoms with E-state index in [2.05, 4.69) is 5.32 Å². The molecule has 0 saturated carbocycles. The van der Waals surface area contributed by atoms with Gasteiger partial charge in [-0.15, -0.1) is 0 Å². The van der Waals surface area contributed by atoms with E-state index in [0.717, 1.165) is 40.2 Å². The summed E-state index contributed by atoms with van der Waals surface area (Å²) in [6.45, 7) is 4.10. The highest BCUT2D eigenvalue weighted by Gasteiger charge is 2.15. The lowest BCUT2D eigenvalue weighted by Gasteiger charge is -2.18. The molecule has 0 saturated heterocycles. The maximum absolute atomic E-state index is 12.7. The van der Waals surface area contributed by atoms with Crippen LogP contribution in [-0.4, -0.2) is 27.6 Å². The third-order valence-corrected chi connectivity index (χ3v) is 5.41. The van der Waals surface area contributed by atoms with E-state index < -0.39 is 10.0 Å². The fourth-order valence-corrected chi connectivity index (χ4v) is 3.12. The van der Waals surface area contributed by atoms with Gasteiger partial charge in [-0.05, 0) is 42.2 Å². The van der Waals surface area contributed by atoms with Gasteiger partial charge < -0.3 is 5.32 Å². The van der Waals surface area contributed by atoms with E-state index in [-0.39, 0.29) is 5.91 Å². The van der Waals surface area contributed by atoms with E-state index in [0.29, 0.717) is 11.3 Å². The molecule has 0 aliphatic rings. The third-order valence-electron chi connectivity index (χ3n) is 4.21. The number of carbonyl (C=O) groups is 1. The van der Waals surface area contributed by atoms with E-state index in [9.17, 15) is 13.2 Å². The molecule has 0 aliphatic heterocycles. The van der Waals surface area contributed by atoms with Crippen molar-refractivity contribution < 1.29 is 13.2 Å². The monoisotopic (exact) mass is 360 g/mol. The van der Waals surface area contributed by atoms with Crippen LogP contribution in [0.2, 0.25) is 0 Å². The Kier molecular flexibility index (Phi) is 5.85. The molecule has 0 bridgehead atoms. The summed E-state index contributed by atoms with van der Waals surface area (Å²) in [7, 11) is -1.91. The Balaban J connectivity index is 2.34. The van der Waals surface area contributed by atoms with Gasteiger partial charge >= 0.3 is 0 Å². The molecule has 5 nitrogen and oxygen atoms in total. The number of hydrogen-bond acceptors (Lipinski definition) is 3. The van der Waals surface area contributed by atoms with Crippen LogP contribution < -0.4 is 9.62 Å². The molecule has 2 aromatic rings. The minimum absolute atomic E-state index is 0.251. The lowest BCUT2D eigenvalue weighted by molar-refractivity contribution is 0.102. The molecular formula is C19H24N2O3S. The number of anilines is 2. The van der Waals surface area contributed by atoms with Crippen molar-refractivity contribution in [3.8, 4) is 0 Å². The number of nitrogens with one attached hydrogen (secondary N) is 1. The van der Waals surface area contributed by atoms with E-state index >= 15 is 0 Å². The first-order valence-electron chi connectivity index (χ1n) is 8.24. The van der Waals surface area contributed by atoms with Gasteiger partial charge in [0.05, 0.1) is 11.9 Å². The highest BCUT2D eigenvalue weighted by molar-refractivity contribution is 7.92. The summed E-state index contributed by atoms with van der Waals surface area (Å²) in [4.78, 5) is 12.7. The molecular weight excluding hydrogens is 336 g/mol. The Morgan fingerprint density at radius 1 is 1.04 bits per heavy atom. The van der Waals surface area contributed by atoms with E-state index in [1.807, 2.05) is 32.0 Å². The van der Waals surface area contributed by atoms with Crippen LogP contribution in [0, 0.1) is 0 Å². The first kappa shape index (κ1) is 19.0.